The lowest BCUT2D eigenvalue weighted by molar-refractivity contribution is -0.132. The fraction of sp³-hybridized carbons (Fsp3) is 0. The van der Waals surface area contributed by atoms with Crippen molar-refractivity contribution < 1.29 is 9.90 Å². The second-order valence-corrected chi connectivity index (χ2v) is 4.34. The van der Waals surface area contributed by atoms with E-state index in [1.54, 1.807) is 29.0 Å². The Morgan fingerprint density at radius 3 is 2.55 bits per heavy atom. The van der Waals surface area contributed by atoms with Gasteiger partial charge in [0.05, 0.1) is 0 Å². The van der Waals surface area contributed by atoms with E-state index in [1.807, 2.05) is 30.3 Å². The Kier molecular flexibility index (Phi) is 4.08. The predicted molar refractivity (Wildman–Crippen MR) is 77.8 cm³/mol. The lowest BCUT2D eigenvalue weighted by Crippen LogP contribution is -2.00. The van der Waals surface area contributed by atoms with E-state index in [9.17, 15) is 4.79 Å². The summed E-state index contributed by atoms with van der Waals surface area (Å²) in [7, 11) is 0. The van der Waals surface area contributed by atoms with Crippen molar-refractivity contribution in [3.63, 3.8) is 0 Å². The van der Waals surface area contributed by atoms with Gasteiger partial charge in [0.25, 0.3) is 0 Å². The molecule has 0 aliphatic heterocycles. The van der Waals surface area contributed by atoms with Crippen LogP contribution in [0, 0.1) is 16.0 Å². The molecule has 0 fully saturated rings. The summed E-state index contributed by atoms with van der Waals surface area (Å²) >= 11 is 5.34. The van der Waals surface area contributed by atoms with Crippen molar-refractivity contribution in [3.05, 3.63) is 64.4 Å². The van der Waals surface area contributed by atoms with Gasteiger partial charge in [-0.05, 0) is 24.3 Å². The molecule has 1 aromatic heterocycles. The Morgan fingerprint density at radius 1 is 1.25 bits per heavy atom. The van der Waals surface area contributed by atoms with Crippen molar-refractivity contribution in [3.8, 4) is 11.8 Å². The second kappa shape index (κ2) is 5.95. The molecule has 0 aliphatic carbocycles. The van der Waals surface area contributed by atoms with Gasteiger partial charge in [-0.15, -0.1) is 0 Å². The van der Waals surface area contributed by atoms with Gasteiger partial charge < -0.3 is 9.67 Å². The Balaban J connectivity index is 2.58. The summed E-state index contributed by atoms with van der Waals surface area (Å²) < 4.78 is 2.21. The van der Waals surface area contributed by atoms with Gasteiger partial charge in [0.15, 0.2) is 0 Å². The van der Waals surface area contributed by atoms with Crippen LogP contribution in [0.15, 0.2) is 54.2 Å². The van der Waals surface area contributed by atoms with E-state index >= 15 is 0 Å². The molecule has 0 aliphatic rings. The molecule has 0 saturated carbocycles. The van der Waals surface area contributed by atoms with Gasteiger partial charge >= 0.3 is 5.97 Å². The van der Waals surface area contributed by atoms with Gasteiger partial charge in [-0.3, -0.25) is 0 Å². The van der Waals surface area contributed by atoms with Crippen LogP contribution in [-0.2, 0) is 4.79 Å². The molecule has 0 amide bonds. The lowest BCUT2D eigenvalue weighted by Gasteiger charge is -2.08. The standard InChI is InChI=1S/C15H10N2O2S/c16-10-12(15(18)19)9-11-5-4-8-17(14(11)20)13-6-2-1-3-7-13/h1-9H,(H,18,19)/b12-9-. The summed E-state index contributed by atoms with van der Waals surface area (Å²) in [5, 5.41) is 17.7. The zero-order valence-corrected chi connectivity index (χ0v) is 11.2. The third-order valence-electron chi connectivity index (χ3n) is 2.66. The van der Waals surface area contributed by atoms with Crippen LogP contribution in [0.25, 0.3) is 11.8 Å². The molecule has 0 bridgehead atoms. The fourth-order valence-electron chi connectivity index (χ4n) is 1.71. The first kappa shape index (κ1) is 13.7. The van der Waals surface area contributed by atoms with Crippen LogP contribution < -0.4 is 0 Å². The highest BCUT2D eigenvalue weighted by molar-refractivity contribution is 7.71. The minimum absolute atomic E-state index is 0.345. The van der Waals surface area contributed by atoms with Crippen LogP contribution in [-0.4, -0.2) is 15.6 Å². The number of aromatic nitrogens is 1. The van der Waals surface area contributed by atoms with E-state index in [0.29, 0.717) is 10.2 Å². The molecule has 0 radical (unpaired) electrons. The minimum atomic E-state index is -1.27. The van der Waals surface area contributed by atoms with Crippen molar-refractivity contribution in [1.29, 1.82) is 5.26 Å². The average molecular weight is 282 g/mol. The molecular formula is C15H10N2O2S. The highest BCUT2D eigenvalue weighted by Crippen LogP contribution is 2.14. The molecule has 0 saturated heterocycles. The number of rotatable bonds is 3. The van der Waals surface area contributed by atoms with E-state index in [2.05, 4.69) is 0 Å². The quantitative estimate of drug-likeness (QED) is 0.533. The summed E-state index contributed by atoms with van der Waals surface area (Å²) in [4.78, 5) is 10.9. The Morgan fingerprint density at radius 2 is 1.95 bits per heavy atom. The molecule has 4 nitrogen and oxygen atoms in total. The van der Waals surface area contributed by atoms with Crippen LogP contribution in [0.5, 0.6) is 0 Å². The molecule has 98 valence electrons. The third kappa shape index (κ3) is 2.82. The fourth-order valence-corrected chi connectivity index (χ4v) is 2.00. The molecule has 2 aromatic rings. The van der Waals surface area contributed by atoms with Crippen LogP contribution in [0.2, 0.25) is 0 Å². The highest BCUT2D eigenvalue weighted by atomic mass is 32.1. The Hall–Kier alpha value is -2.71. The van der Waals surface area contributed by atoms with Crippen molar-refractivity contribution in [2.45, 2.75) is 0 Å². The number of para-hydroxylation sites is 1. The van der Waals surface area contributed by atoms with Gasteiger partial charge in [-0.25, -0.2) is 4.79 Å². The number of hydrogen-bond donors (Lipinski definition) is 1. The lowest BCUT2D eigenvalue weighted by atomic mass is 10.2. The number of benzene rings is 1. The van der Waals surface area contributed by atoms with Gasteiger partial charge in [0.2, 0.25) is 0 Å². The number of nitriles is 1. The number of carbonyl (C=O) groups is 1. The molecule has 1 heterocycles. The summed E-state index contributed by atoms with van der Waals surface area (Å²) in [6.07, 6.45) is 3.08. The van der Waals surface area contributed by atoms with Gasteiger partial charge in [0.1, 0.15) is 16.3 Å². The Bertz CT molecular complexity index is 770. The number of nitrogens with zero attached hydrogens (tertiary/aromatic N) is 2. The smallest absolute Gasteiger partial charge is 0.346 e. The predicted octanol–water partition coefficient (Wildman–Crippen LogP) is 3.20. The first-order valence-electron chi connectivity index (χ1n) is 5.75. The summed E-state index contributed by atoms with van der Waals surface area (Å²) in [6.45, 7) is 0. The van der Waals surface area contributed by atoms with Crippen LogP contribution >= 0.6 is 12.2 Å². The molecule has 2 rings (SSSR count). The van der Waals surface area contributed by atoms with E-state index in [4.69, 9.17) is 22.6 Å². The molecule has 20 heavy (non-hydrogen) atoms. The topological polar surface area (TPSA) is 66.0 Å². The zero-order chi connectivity index (χ0) is 14.5. The highest BCUT2D eigenvalue weighted by Gasteiger charge is 2.07. The first-order chi connectivity index (χ1) is 9.63. The number of pyridine rings is 1. The van der Waals surface area contributed by atoms with Crippen molar-refractivity contribution >= 4 is 24.3 Å². The normalized spacial score (nSPS) is 10.8. The van der Waals surface area contributed by atoms with Crippen molar-refractivity contribution in [2.24, 2.45) is 0 Å². The maximum Gasteiger partial charge on any atom is 0.346 e. The summed E-state index contributed by atoms with van der Waals surface area (Å²) in [5.74, 6) is -1.27. The van der Waals surface area contributed by atoms with Gasteiger partial charge in [-0.2, -0.15) is 5.26 Å². The van der Waals surface area contributed by atoms with Crippen molar-refractivity contribution in [1.82, 2.24) is 4.57 Å². The number of hydrogen-bond acceptors (Lipinski definition) is 3. The van der Waals surface area contributed by atoms with E-state index in [1.165, 1.54) is 6.08 Å². The van der Waals surface area contributed by atoms with Gasteiger partial charge in [0, 0.05) is 17.4 Å². The number of carboxylic acids is 1. The van der Waals surface area contributed by atoms with Crippen LogP contribution in [0.4, 0.5) is 0 Å². The van der Waals surface area contributed by atoms with Gasteiger partial charge in [-0.1, -0.05) is 36.5 Å². The molecule has 0 atom stereocenters. The SMILES string of the molecule is N#C/C(=C/c1cccn(-c2ccccc2)c1=S)C(=O)O. The minimum Gasteiger partial charge on any atom is -0.477 e. The maximum absolute atomic E-state index is 10.9. The molecule has 1 aromatic carbocycles. The number of carboxylic acid groups (broad SMARTS) is 1. The average Bonchev–Trinajstić information content (AvgIpc) is 2.46. The summed E-state index contributed by atoms with van der Waals surface area (Å²) in [6, 6.07) is 14.5. The first-order valence-corrected chi connectivity index (χ1v) is 6.16. The molecule has 0 spiro atoms. The monoisotopic (exact) mass is 282 g/mol. The second-order valence-electron chi connectivity index (χ2n) is 3.95. The molecule has 5 heteroatoms. The van der Waals surface area contributed by atoms with E-state index in [-0.39, 0.29) is 5.57 Å². The largest absolute Gasteiger partial charge is 0.477 e. The number of aliphatic carboxylic acids is 1. The van der Waals surface area contributed by atoms with Crippen LogP contribution in [0.1, 0.15) is 5.56 Å². The zero-order valence-electron chi connectivity index (χ0n) is 10.4. The molecular weight excluding hydrogens is 272 g/mol. The molecule has 1 N–H and O–H groups in total. The third-order valence-corrected chi connectivity index (χ3v) is 3.09. The maximum atomic E-state index is 10.9. The summed E-state index contributed by atoms with van der Waals surface area (Å²) in [5.41, 5.74) is 1.05. The van der Waals surface area contributed by atoms with E-state index in [0.717, 1.165) is 5.69 Å². The molecule has 0 unspecified atom stereocenters. The van der Waals surface area contributed by atoms with E-state index < -0.39 is 5.97 Å². The van der Waals surface area contributed by atoms with Crippen molar-refractivity contribution in [2.75, 3.05) is 0 Å². The van der Waals surface area contributed by atoms with Crippen LogP contribution in [0.3, 0.4) is 0 Å². The Labute approximate surface area is 120 Å².